The number of benzene rings is 1. The van der Waals surface area contributed by atoms with Crippen molar-refractivity contribution in [3.63, 3.8) is 0 Å². The quantitative estimate of drug-likeness (QED) is 0.879. The van der Waals surface area contributed by atoms with E-state index < -0.39 is 0 Å². The molecule has 0 saturated carbocycles. The summed E-state index contributed by atoms with van der Waals surface area (Å²) >= 11 is 0. The molecule has 0 spiro atoms. The highest BCUT2D eigenvalue weighted by molar-refractivity contribution is 5.29. The number of aromatic nitrogens is 2. The number of fused-ring (bicyclic) bond motifs is 1. The number of hydrogen-bond acceptors (Lipinski definition) is 2. The second-order valence-corrected chi connectivity index (χ2v) is 5.05. The van der Waals surface area contributed by atoms with Gasteiger partial charge in [-0.3, -0.25) is 0 Å². The fraction of sp³-hybridized carbons (Fsp3) is 0.400. The van der Waals surface area contributed by atoms with Gasteiger partial charge in [-0.15, -0.1) is 0 Å². The summed E-state index contributed by atoms with van der Waals surface area (Å²) in [6.07, 6.45) is 4.42. The van der Waals surface area contributed by atoms with E-state index >= 15 is 0 Å². The van der Waals surface area contributed by atoms with Gasteiger partial charge in [-0.25, -0.2) is 4.98 Å². The van der Waals surface area contributed by atoms with Gasteiger partial charge in [-0.05, 0) is 30.9 Å². The average Bonchev–Trinajstić information content (AvgIpc) is 2.76. The maximum absolute atomic E-state index is 9.91. The molecule has 1 aliphatic heterocycles. The number of rotatable bonds is 2. The first-order valence-corrected chi connectivity index (χ1v) is 6.52. The molecule has 3 rings (SSSR count). The molecular formula is C15H18N2O. The van der Waals surface area contributed by atoms with Crippen LogP contribution in [0.1, 0.15) is 41.6 Å². The Bertz CT molecular complexity index is 559. The third-order valence-corrected chi connectivity index (χ3v) is 3.66. The van der Waals surface area contributed by atoms with Crippen LogP contribution in [0.4, 0.5) is 0 Å². The van der Waals surface area contributed by atoms with E-state index in [0.717, 1.165) is 37.3 Å². The van der Waals surface area contributed by atoms with Crippen LogP contribution in [0.2, 0.25) is 0 Å². The van der Waals surface area contributed by atoms with Gasteiger partial charge >= 0.3 is 0 Å². The Kier molecular flexibility index (Phi) is 2.92. The lowest BCUT2D eigenvalue weighted by Crippen LogP contribution is -2.14. The van der Waals surface area contributed by atoms with E-state index in [1.807, 2.05) is 0 Å². The van der Waals surface area contributed by atoms with Crippen molar-refractivity contribution in [3.8, 4) is 0 Å². The standard InChI is InChI=1S/C15H18N2O/c1-11-5-2-3-6-12(11)9-13-10-17-8-4-7-14(18)15(17)16-13/h2-3,5-6,10,14,18H,4,7-9H2,1H3. The highest BCUT2D eigenvalue weighted by Gasteiger charge is 2.20. The van der Waals surface area contributed by atoms with Crippen LogP contribution in [-0.2, 0) is 13.0 Å². The Hall–Kier alpha value is -1.61. The van der Waals surface area contributed by atoms with Gasteiger partial charge in [0.15, 0.2) is 0 Å². The Morgan fingerprint density at radius 2 is 2.22 bits per heavy atom. The SMILES string of the molecule is Cc1ccccc1Cc1cn2c(n1)C(O)CCC2. The lowest BCUT2D eigenvalue weighted by atomic mass is 10.0. The molecule has 94 valence electrons. The van der Waals surface area contributed by atoms with E-state index in [2.05, 4.69) is 46.9 Å². The van der Waals surface area contributed by atoms with Gasteiger partial charge in [0.05, 0.1) is 5.69 Å². The van der Waals surface area contributed by atoms with Crippen molar-refractivity contribution in [1.82, 2.24) is 9.55 Å². The molecular weight excluding hydrogens is 224 g/mol. The van der Waals surface area contributed by atoms with Gasteiger partial charge in [0.2, 0.25) is 0 Å². The third-order valence-electron chi connectivity index (χ3n) is 3.66. The predicted octanol–water partition coefficient (Wildman–Crippen LogP) is 2.61. The number of aryl methyl sites for hydroxylation is 2. The Balaban J connectivity index is 1.88. The minimum absolute atomic E-state index is 0.385. The first-order valence-electron chi connectivity index (χ1n) is 6.52. The second kappa shape index (κ2) is 4.58. The zero-order valence-corrected chi connectivity index (χ0v) is 10.6. The second-order valence-electron chi connectivity index (χ2n) is 5.05. The van der Waals surface area contributed by atoms with Crippen molar-refractivity contribution in [1.29, 1.82) is 0 Å². The molecule has 1 aromatic heterocycles. The van der Waals surface area contributed by atoms with E-state index in [1.165, 1.54) is 11.1 Å². The van der Waals surface area contributed by atoms with Gasteiger partial charge in [0.1, 0.15) is 11.9 Å². The summed E-state index contributed by atoms with van der Waals surface area (Å²) in [5.74, 6) is 0.838. The summed E-state index contributed by atoms with van der Waals surface area (Å²) in [7, 11) is 0. The summed E-state index contributed by atoms with van der Waals surface area (Å²) in [6.45, 7) is 3.10. The van der Waals surface area contributed by atoms with Gasteiger partial charge < -0.3 is 9.67 Å². The van der Waals surface area contributed by atoms with Crippen molar-refractivity contribution in [2.75, 3.05) is 0 Å². The van der Waals surface area contributed by atoms with Crippen LogP contribution in [0.3, 0.4) is 0 Å². The normalized spacial score (nSPS) is 18.7. The maximum atomic E-state index is 9.91. The topological polar surface area (TPSA) is 38.0 Å². The lowest BCUT2D eigenvalue weighted by Gasteiger charge is -2.18. The van der Waals surface area contributed by atoms with Crippen LogP contribution in [0.5, 0.6) is 0 Å². The molecule has 0 amide bonds. The molecule has 2 aromatic rings. The summed E-state index contributed by atoms with van der Waals surface area (Å²) in [6, 6.07) is 8.39. The van der Waals surface area contributed by atoms with Gasteiger partial charge in [-0.2, -0.15) is 0 Å². The summed E-state index contributed by atoms with van der Waals surface area (Å²) in [5, 5.41) is 9.91. The van der Waals surface area contributed by atoms with Crippen molar-refractivity contribution >= 4 is 0 Å². The van der Waals surface area contributed by atoms with Crippen LogP contribution >= 0.6 is 0 Å². The summed E-state index contributed by atoms with van der Waals surface area (Å²) < 4.78 is 2.10. The highest BCUT2D eigenvalue weighted by atomic mass is 16.3. The van der Waals surface area contributed by atoms with Crippen molar-refractivity contribution < 1.29 is 5.11 Å². The van der Waals surface area contributed by atoms with Gasteiger partial charge in [0, 0.05) is 19.2 Å². The van der Waals surface area contributed by atoms with E-state index in [9.17, 15) is 5.11 Å². The van der Waals surface area contributed by atoms with Crippen LogP contribution in [-0.4, -0.2) is 14.7 Å². The smallest absolute Gasteiger partial charge is 0.137 e. The average molecular weight is 242 g/mol. The largest absolute Gasteiger partial charge is 0.385 e. The van der Waals surface area contributed by atoms with Gasteiger partial charge in [-0.1, -0.05) is 24.3 Å². The summed E-state index contributed by atoms with van der Waals surface area (Å²) in [4.78, 5) is 4.58. The minimum Gasteiger partial charge on any atom is -0.385 e. The molecule has 0 bridgehead atoms. The Morgan fingerprint density at radius 1 is 1.39 bits per heavy atom. The van der Waals surface area contributed by atoms with Crippen molar-refractivity contribution in [2.24, 2.45) is 0 Å². The Morgan fingerprint density at radius 3 is 3.00 bits per heavy atom. The monoisotopic (exact) mass is 242 g/mol. The molecule has 3 nitrogen and oxygen atoms in total. The molecule has 1 atom stereocenters. The van der Waals surface area contributed by atoms with Crippen LogP contribution in [0.25, 0.3) is 0 Å². The predicted molar refractivity (Wildman–Crippen MR) is 70.4 cm³/mol. The summed E-state index contributed by atoms with van der Waals surface area (Å²) in [5.41, 5.74) is 3.66. The number of imidazole rings is 1. The molecule has 1 N–H and O–H groups in total. The first-order chi connectivity index (χ1) is 8.74. The van der Waals surface area contributed by atoms with Gasteiger partial charge in [0.25, 0.3) is 0 Å². The zero-order chi connectivity index (χ0) is 12.5. The maximum Gasteiger partial charge on any atom is 0.137 e. The van der Waals surface area contributed by atoms with Crippen LogP contribution < -0.4 is 0 Å². The number of hydrogen-bond donors (Lipinski definition) is 1. The molecule has 0 saturated heterocycles. The lowest BCUT2D eigenvalue weighted by molar-refractivity contribution is 0.133. The fourth-order valence-electron chi connectivity index (χ4n) is 2.60. The molecule has 1 unspecified atom stereocenters. The van der Waals surface area contributed by atoms with Crippen LogP contribution in [0.15, 0.2) is 30.5 Å². The molecule has 2 heterocycles. The van der Waals surface area contributed by atoms with Crippen LogP contribution in [0, 0.1) is 6.92 Å². The third kappa shape index (κ3) is 2.06. The highest BCUT2D eigenvalue weighted by Crippen LogP contribution is 2.25. The molecule has 0 radical (unpaired) electrons. The van der Waals surface area contributed by atoms with E-state index in [-0.39, 0.29) is 6.10 Å². The minimum atomic E-state index is -0.385. The molecule has 3 heteroatoms. The molecule has 18 heavy (non-hydrogen) atoms. The van der Waals surface area contributed by atoms with E-state index in [0.29, 0.717) is 0 Å². The molecule has 1 aromatic carbocycles. The molecule has 1 aliphatic rings. The molecule has 0 fully saturated rings. The number of aliphatic hydroxyl groups excluding tert-OH is 1. The van der Waals surface area contributed by atoms with E-state index in [4.69, 9.17) is 0 Å². The number of aliphatic hydroxyl groups is 1. The first kappa shape index (κ1) is 11.5. The molecule has 0 aliphatic carbocycles. The van der Waals surface area contributed by atoms with Crippen molar-refractivity contribution in [2.45, 2.75) is 38.8 Å². The number of nitrogens with zero attached hydrogens (tertiary/aromatic N) is 2. The van der Waals surface area contributed by atoms with E-state index in [1.54, 1.807) is 0 Å². The Labute approximate surface area is 107 Å². The zero-order valence-electron chi connectivity index (χ0n) is 10.6. The van der Waals surface area contributed by atoms with Crippen molar-refractivity contribution in [3.05, 3.63) is 53.1 Å². The fourth-order valence-corrected chi connectivity index (χ4v) is 2.60.